The molecule has 0 aliphatic heterocycles. The molecule has 0 saturated heterocycles. The number of imidazole rings is 1. The van der Waals surface area contributed by atoms with Crippen molar-refractivity contribution in [1.82, 2.24) is 9.38 Å². The number of nitrogens with one attached hydrogen (secondary N) is 1. The van der Waals surface area contributed by atoms with Gasteiger partial charge in [-0.25, -0.2) is 4.98 Å². The Morgan fingerprint density at radius 2 is 1.66 bits per heavy atom. The lowest BCUT2D eigenvalue weighted by molar-refractivity contribution is -0.137. The van der Waals surface area contributed by atoms with Gasteiger partial charge < -0.3 is 9.50 Å². The molecule has 0 aliphatic carbocycles. The molecule has 0 saturated carbocycles. The maximum atomic E-state index is 13.2. The number of benzene rings is 3. The summed E-state index contributed by atoms with van der Waals surface area (Å²) < 4.78 is 73.0. The van der Waals surface area contributed by atoms with Gasteiger partial charge in [0.25, 0.3) is 0 Å². The molecule has 5 aromatic rings. The van der Waals surface area contributed by atoms with Crippen molar-refractivity contribution in [2.75, 3.05) is 5.32 Å². The van der Waals surface area contributed by atoms with Crippen molar-refractivity contribution in [3.05, 3.63) is 114 Å². The number of hydrogen-bond donors (Lipinski definition) is 1. The van der Waals surface area contributed by atoms with Crippen molar-refractivity contribution < 1.29 is 25.8 Å². The van der Waals surface area contributed by atoms with Crippen molar-refractivity contribution >= 4 is 21.6 Å². The maximum Gasteiger partial charge on any atom is 0.416 e. The molecule has 2 aromatic heterocycles. The van der Waals surface area contributed by atoms with Crippen LogP contribution in [0.2, 0.25) is 0 Å². The first-order chi connectivity index (χ1) is 18.1. The van der Waals surface area contributed by atoms with Crippen molar-refractivity contribution in [2.24, 2.45) is 0 Å². The number of pyridine rings is 1. The van der Waals surface area contributed by atoms with Gasteiger partial charge in [-0.05, 0) is 54.4 Å². The first kappa shape index (κ1) is 25.3. The number of halogens is 3. The lowest BCUT2D eigenvalue weighted by Gasteiger charge is -2.14. The highest BCUT2D eigenvalue weighted by molar-refractivity contribution is 7.87. The van der Waals surface area contributed by atoms with Gasteiger partial charge in [-0.1, -0.05) is 54.6 Å². The van der Waals surface area contributed by atoms with E-state index < -0.39 is 26.8 Å². The van der Waals surface area contributed by atoms with Gasteiger partial charge in [-0.15, -0.1) is 0 Å². The molecule has 6 nitrogen and oxygen atoms in total. The van der Waals surface area contributed by atoms with Crippen LogP contribution < -0.4 is 9.50 Å². The van der Waals surface area contributed by atoms with Gasteiger partial charge in [-0.2, -0.15) is 21.6 Å². The Bertz CT molecular complexity index is 1720. The molecule has 0 fully saturated rings. The topological polar surface area (TPSA) is 72.7 Å². The first-order valence-electron chi connectivity index (χ1n) is 11.6. The SMILES string of the molecule is Cc1cccn2c(NCc3ccccc3)c(-c3ccccc3OS(=O)(=O)c3cccc(C(F)(F)F)c3)nc12. The number of rotatable bonds is 7. The van der Waals surface area contributed by atoms with Crippen LogP contribution in [-0.2, 0) is 22.8 Å². The smallest absolute Gasteiger partial charge is 0.378 e. The van der Waals surface area contributed by atoms with Crippen LogP contribution in [0.25, 0.3) is 16.9 Å². The number of aryl methyl sites for hydroxylation is 1. The fourth-order valence-electron chi connectivity index (χ4n) is 4.07. The van der Waals surface area contributed by atoms with Gasteiger partial charge in [0.1, 0.15) is 22.1 Å². The first-order valence-corrected chi connectivity index (χ1v) is 13.0. The number of para-hydroxylation sites is 1. The molecular formula is C28H22F3N3O3S. The molecule has 0 aliphatic rings. The molecule has 0 spiro atoms. The summed E-state index contributed by atoms with van der Waals surface area (Å²) in [5, 5.41) is 3.39. The van der Waals surface area contributed by atoms with Crippen LogP contribution in [0.5, 0.6) is 5.75 Å². The van der Waals surface area contributed by atoms with E-state index in [1.165, 1.54) is 6.07 Å². The molecule has 3 aromatic carbocycles. The number of aromatic nitrogens is 2. The van der Waals surface area contributed by atoms with E-state index in [9.17, 15) is 21.6 Å². The summed E-state index contributed by atoms with van der Waals surface area (Å²) in [6, 6.07) is 23.3. The van der Waals surface area contributed by atoms with Crippen LogP contribution in [-0.4, -0.2) is 17.8 Å². The van der Waals surface area contributed by atoms with Gasteiger partial charge in [0.05, 0.1) is 5.56 Å². The summed E-state index contributed by atoms with van der Waals surface area (Å²) in [4.78, 5) is 4.18. The summed E-state index contributed by atoms with van der Waals surface area (Å²) in [5.41, 5.74) is 2.30. The summed E-state index contributed by atoms with van der Waals surface area (Å²) in [6.07, 6.45) is -2.85. The number of nitrogens with zero attached hydrogens (tertiary/aromatic N) is 2. The zero-order valence-corrected chi connectivity index (χ0v) is 20.9. The standard InChI is InChI=1S/C28H22F3N3O3S/c1-19-9-8-16-34-26(19)33-25(27(34)32-18-20-10-3-2-4-11-20)23-14-5-6-15-24(23)37-38(35,36)22-13-7-12-21(17-22)28(29,30)31/h2-17,32H,18H2,1H3. The minimum absolute atomic E-state index is 0.0614. The van der Waals surface area contributed by atoms with E-state index in [-0.39, 0.29) is 5.75 Å². The molecule has 10 heteroatoms. The Labute approximate surface area is 217 Å². The lowest BCUT2D eigenvalue weighted by atomic mass is 10.1. The van der Waals surface area contributed by atoms with Crippen molar-refractivity contribution in [3.8, 4) is 17.0 Å². The van der Waals surface area contributed by atoms with E-state index in [1.54, 1.807) is 18.2 Å². The normalized spacial score (nSPS) is 12.0. The quantitative estimate of drug-likeness (QED) is 0.234. The van der Waals surface area contributed by atoms with Crippen LogP contribution in [0, 0.1) is 6.92 Å². The molecular weight excluding hydrogens is 515 g/mol. The van der Waals surface area contributed by atoms with Gasteiger partial charge in [0.15, 0.2) is 5.75 Å². The lowest BCUT2D eigenvalue weighted by Crippen LogP contribution is -2.13. The number of anilines is 1. The third-order valence-corrected chi connectivity index (χ3v) is 7.17. The predicted molar refractivity (Wildman–Crippen MR) is 138 cm³/mol. The molecule has 0 amide bonds. The fourth-order valence-corrected chi connectivity index (χ4v) is 5.07. The van der Waals surface area contributed by atoms with Crippen LogP contribution in [0.15, 0.2) is 102 Å². The van der Waals surface area contributed by atoms with Crippen molar-refractivity contribution in [1.29, 1.82) is 0 Å². The molecule has 1 N–H and O–H groups in total. The Morgan fingerprint density at radius 3 is 2.42 bits per heavy atom. The Hall–Kier alpha value is -4.31. The Balaban J connectivity index is 1.58. The zero-order valence-electron chi connectivity index (χ0n) is 20.1. The van der Waals surface area contributed by atoms with E-state index in [0.717, 1.165) is 29.3 Å². The average Bonchev–Trinajstić information content (AvgIpc) is 3.27. The number of hydrogen-bond acceptors (Lipinski definition) is 5. The van der Waals surface area contributed by atoms with Crippen LogP contribution in [0.3, 0.4) is 0 Å². The molecule has 0 radical (unpaired) electrons. The van der Waals surface area contributed by atoms with E-state index in [2.05, 4.69) is 5.32 Å². The Morgan fingerprint density at radius 1 is 0.921 bits per heavy atom. The minimum atomic E-state index is -4.70. The molecule has 5 rings (SSSR count). The third-order valence-electron chi connectivity index (χ3n) is 5.94. The second-order valence-electron chi connectivity index (χ2n) is 8.59. The van der Waals surface area contributed by atoms with Crippen molar-refractivity contribution in [2.45, 2.75) is 24.5 Å². The molecule has 194 valence electrons. The summed E-state index contributed by atoms with van der Waals surface area (Å²) in [5.74, 6) is 0.550. The molecule has 38 heavy (non-hydrogen) atoms. The highest BCUT2D eigenvalue weighted by Crippen LogP contribution is 2.38. The number of fused-ring (bicyclic) bond motifs is 1. The summed E-state index contributed by atoms with van der Waals surface area (Å²) in [7, 11) is -4.59. The van der Waals surface area contributed by atoms with Crippen LogP contribution >= 0.6 is 0 Å². The largest absolute Gasteiger partial charge is 0.416 e. The van der Waals surface area contributed by atoms with E-state index in [0.29, 0.717) is 35.3 Å². The summed E-state index contributed by atoms with van der Waals surface area (Å²) in [6.45, 7) is 2.38. The summed E-state index contributed by atoms with van der Waals surface area (Å²) >= 11 is 0. The molecule has 0 unspecified atom stereocenters. The molecule has 0 atom stereocenters. The average molecular weight is 538 g/mol. The van der Waals surface area contributed by atoms with Crippen LogP contribution in [0.1, 0.15) is 16.7 Å². The highest BCUT2D eigenvalue weighted by atomic mass is 32.2. The van der Waals surface area contributed by atoms with Crippen molar-refractivity contribution in [3.63, 3.8) is 0 Å². The predicted octanol–water partition coefficient (Wildman–Crippen LogP) is 6.71. The van der Waals surface area contributed by atoms with E-state index in [4.69, 9.17) is 9.17 Å². The van der Waals surface area contributed by atoms with E-state index >= 15 is 0 Å². The minimum Gasteiger partial charge on any atom is -0.378 e. The third kappa shape index (κ3) is 5.08. The van der Waals surface area contributed by atoms with Gasteiger partial charge in [-0.3, -0.25) is 4.40 Å². The molecule has 0 bridgehead atoms. The maximum absolute atomic E-state index is 13.2. The molecule has 2 heterocycles. The van der Waals surface area contributed by atoms with Gasteiger partial charge in [0.2, 0.25) is 0 Å². The van der Waals surface area contributed by atoms with Gasteiger partial charge in [0, 0.05) is 18.3 Å². The monoisotopic (exact) mass is 537 g/mol. The van der Waals surface area contributed by atoms with E-state index in [1.807, 2.05) is 60.0 Å². The fraction of sp³-hybridized carbons (Fsp3) is 0.107. The number of alkyl halides is 3. The Kier molecular flexibility index (Phi) is 6.58. The second kappa shape index (κ2) is 9.86. The van der Waals surface area contributed by atoms with Gasteiger partial charge >= 0.3 is 16.3 Å². The van der Waals surface area contributed by atoms with Crippen LogP contribution in [0.4, 0.5) is 19.0 Å². The highest BCUT2D eigenvalue weighted by Gasteiger charge is 2.32. The second-order valence-corrected chi connectivity index (χ2v) is 10.1. The zero-order chi connectivity index (χ0) is 26.9.